The Labute approximate surface area is 95.4 Å². The van der Waals surface area contributed by atoms with Gasteiger partial charge in [0.1, 0.15) is 24.6 Å². The maximum atomic E-state index is 10.8. The normalized spacial score (nSPS) is 32.9. The van der Waals surface area contributed by atoms with Gasteiger partial charge in [0, 0.05) is 0 Å². The maximum Gasteiger partial charge on any atom is 0.288 e. The largest absolute Gasteiger partial charge is 0.394 e. The van der Waals surface area contributed by atoms with E-state index in [1.54, 1.807) is 0 Å². The van der Waals surface area contributed by atoms with Crippen LogP contribution in [0.25, 0.3) is 0 Å². The smallest absolute Gasteiger partial charge is 0.288 e. The molecule has 9 heteroatoms. The van der Waals surface area contributed by atoms with Crippen LogP contribution in [0.4, 0.5) is 0 Å². The van der Waals surface area contributed by atoms with Gasteiger partial charge in [0.05, 0.1) is 6.61 Å². The number of hydrogen-bond donors (Lipinski definition) is 4. The number of hydrogen-bond acceptors (Lipinski definition) is 7. The quantitative estimate of drug-likeness (QED) is 0.443. The minimum Gasteiger partial charge on any atom is -0.394 e. The van der Waals surface area contributed by atoms with Gasteiger partial charge in [-0.05, 0) is 0 Å². The molecule has 17 heavy (non-hydrogen) atoms. The molecule has 1 aliphatic heterocycles. The molecule has 0 bridgehead atoms. The van der Waals surface area contributed by atoms with E-state index in [0.29, 0.717) is 0 Å². The lowest BCUT2D eigenvalue weighted by Gasteiger charge is -2.13. The number of aromatic nitrogens is 3. The molecule has 9 nitrogen and oxygen atoms in total. The van der Waals surface area contributed by atoms with Crippen molar-refractivity contribution in [1.29, 1.82) is 0 Å². The SMILES string of the molecule is NC(=O)c1ncn(C2O[C@H](CO)C(O)C2O)n1. The lowest BCUT2D eigenvalue weighted by molar-refractivity contribution is -0.0588. The summed E-state index contributed by atoms with van der Waals surface area (Å²) < 4.78 is 6.25. The highest BCUT2D eigenvalue weighted by Crippen LogP contribution is 2.28. The van der Waals surface area contributed by atoms with E-state index in [-0.39, 0.29) is 5.82 Å². The Bertz CT molecular complexity index is 422. The Morgan fingerprint density at radius 1 is 1.53 bits per heavy atom. The minimum atomic E-state index is -1.27. The Morgan fingerprint density at radius 3 is 2.71 bits per heavy atom. The zero-order valence-electron chi connectivity index (χ0n) is 8.67. The molecule has 1 aliphatic rings. The van der Waals surface area contributed by atoms with Crippen LogP contribution in [0.3, 0.4) is 0 Å². The molecule has 4 atom stereocenters. The first-order valence-corrected chi connectivity index (χ1v) is 4.88. The number of primary amides is 1. The Hall–Kier alpha value is -1.55. The summed E-state index contributed by atoms with van der Waals surface area (Å²) in [7, 11) is 0. The number of aliphatic hydroxyl groups excluding tert-OH is 3. The van der Waals surface area contributed by atoms with Crippen LogP contribution >= 0.6 is 0 Å². The topological polar surface area (TPSA) is 144 Å². The molecule has 2 rings (SSSR count). The second-order valence-corrected chi connectivity index (χ2v) is 3.64. The molecule has 1 fully saturated rings. The van der Waals surface area contributed by atoms with Gasteiger partial charge in [-0.15, -0.1) is 5.10 Å². The summed E-state index contributed by atoms with van der Waals surface area (Å²) in [5, 5.41) is 31.8. The summed E-state index contributed by atoms with van der Waals surface area (Å²) in [5.74, 6) is -1.03. The molecule has 0 radical (unpaired) electrons. The van der Waals surface area contributed by atoms with E-state index in [9.17, 15) is 15.0 Å². The number of carbonyl (C=O) groups excluding carboxylic acids is 1. The van der Waals surface area contributed by atoms with Gasteiger partial charge in [-0.3, -0.25) is 4.79 Å². The zero-order valence-corrected chi connectivity index (χ0v) is 8.67. The van der Waals surface area contributed by atoms with E-state index < -0.39 is 37.1 Å². The minimum absolute atomic E-state index is 0.220. The summed E-state index contributed by atoms with van der Waals surface area (Å²) in [5.41, 5.74) is 4.97. The number of nitrogens with zero attached hydrogens (tertiary/aromatic N) is 3. The molecule has 0 saturated carbocycles. The van der Waals surface area contributed by atoms with Gasteiger partial charge in [-0.1, -0.05) is 0 Å². The van der Waals surface area contributed by atoms with E-state index >= 15 is 0 Å². The summed E-state index contributed by atoms with van der Waals surface area (Å²) >= 11 is 0. The number of amides is 1. The van der Waals surface area contributed by atoms with Crippen LogP contribution in [0.5, 0.6) is 0 Å². The van der Waals surface area contributed by atoms with E-state index in [1.165, 1.54) is 0 Å². The van der Waals surface area contributed by atoms with Crippen LogP contribution in [0, 0.1) is 0 Å². The van der Waals surface area contributed by atoms with Crippen molar-refractivity contribution >= 4 is 5.91 Å². The number of nitrogens with two attached hydrogens (primary N) is 1. The lowest BCUT2D eigenvalue weighted by Crippen LogP contribution is -2.33. The van der Waals surface area contributed by atoms with E-state index in [0.717, 1.165) is 11.0 Å². The molecule has 94 valence electrons. The van der Waals surface area contributed by atoms with E-state index in [2.05, 4.69) is 10.1 Å². The van der Waals surface area contributed by atoms with Crippen molar-refractivity contribution in [3.8, 4) is 0 Å². The predicted octanol–water partition coefficient (Wildman–Crippen LogP) is -3.01. The van der Waals surface area contributed by atoms with Crippen molar-refractivity contribution in [2.75, 3.05) is 6.61 Å². The van der Waals surface area contributed by atoms with Crippen LogP contribution in [0.15, 0.2) is 6.33 Å². The van der Waals surface area contributed by atoms with Crippen molar-refractivity contribution < 1.29 is 24.9 Å². The van der Waals surface area contributed by atoms with Crippen molar-refractivity contribution in [2.24, 2.45) is 5.73 Å². The van der Waals surface area contributed by atoms with Gasteiger partial charge in [0.25, 0.3) is 5.91 Å². The van der Waals surface area contributed by atoms with Crippen LogP contribution in [0.2, 0.25) is 0 Å². The van der Waals surface area contributed by atoms with Gasteiger partial charge in [-0.2, -0.15) is 0 Å². The lowest BCUT2D eigenvalue weighted by atomic mass is 10.1. The fourth-order valence-electron chi connectivity index (χ4n) is 1.61. The molecular weight excluding hydrogens is 232 g/mol. The van der Waals surface area contributed by atoms with Crippen molar-refractivity contribution in [1.82, 2.24) is 14.8 Å². The van der Waals surface area contributed by atoms with Gasteiger partial charge in [-0.25, -0.2) is 9.67 Å². The third kappa shape index (κ3) is 2.00. The second-order valence-electron chi connectivity index (χ2n) is 3.64. The third-order valence-electron chi connectivity index (χ3n) is 2.51. The van der Waals surface area contributed by atoms with Crippen LogP contribution in [0.1, 0.15) is 16.8 Å². The molecule has 1 aromatic rings. The summed E-state index contributed by atoms with van der Waals surface area (Å²) in [4.78, 5) is 14.4. The fraction of sp³-hybridized carbons (Fsp3) is 0.625. The number of rotatable bonds is 3. The average molecular weight is 244 g/mol. The summed E-state index contributed by atoms with van der Waals surface area (Å²) in [6.45, 7) is -0.438. The maximum absolute atomic E-state index is 10.8. The monoisotopic (exact) mass is 244 g/mol. The molecule has 1 aromatic heterocycles. The van der Waals surface area contributed by atoms with E-state index in [1.807, 2.05) is 0 Å². The average Bonchev–Trinajstić information content (AvgIpc) is 2.87. The third-order valence-corrected chi connectivity index (χ3v) is 2.51. The van der Waals surface area contributed by atoms with E-state index in [4.69, 9.17) is 15.6 Å². The van der Waals surface area contributed by atoms with Crippen LogP contribution in [-0.4, -0.2) is 60.9 Å². The molecule has 3 unspecified atom stereocenters. The Kier molecular flexibility index (Phi) is 3.07. The summed E-state index contributed by atoms with van der Waals surface area (Å²) in [6, 6.07) is 0. The molecule has 1 saturated heterocycles. The molecule has 2 heterocycles. The van der Waals surface area contributed by atoms with Crippen molar-refractivity contribution in [2.45, 2.75) is 24.5 Å². The number of carbonyl (C=O) groups is 1. The highest BCUT2D eigenvalue weighted by atomic mass is 16.6. The van der Waals surface area contributed by atoms with Crippen LogP contribution < -0.4 is 5.73 Å². The van der Waals surface area contributed by atoms with Gasteiger partial charge in [0.2, 0.25) is 5.82 Å². The first-order valence-electron chi connectivity index (χ1n) is 4.88. The molecular formula is C8H12N4O5. The first kappa shape index (κ1) is 11.9. The predicted molar refractivity (Wildman–Crippen MR) is 51.5 cm³/mol. The highest BCUT2D eigenvalue weighted by Gasteiger charge is 2.43. The summed E-state index contributed by atoms with van der Waals surface area (Å²) in [6.07, 6.45) is -3.26. The standard InChI is InChI=1S/C8H12N4O5/c9-6(16)7-10-2-12(11-7)8-5(15)4(14)3(1-13)17-8/h2-5,8,13-15H,1H2,(H2,9,16)/t3-,4?,5?,8?/m1/s1. The number of ether oxygens (including phenoxy) is 1. The van der Waals surface area contributed by atoms with Crippen LogP contribution in [-0.2, 0) is 4.74 Å². The second kappa shape index (κ2) is 4.37. The molecule has 0 spiro atoms. The Balaban J connectivity index is 2.19. The fourth-order valence-corrected chi connectivity index (χ4v) is 1.61. The zero-order chi connectivity index (χ0) is 12.6. The first-order chi connectivity index (χ1) is 8.04. The van der Waals surface area contributed by atoms with Gasteiger partial charge < -0.3 is 25.8 Å². The van der Waals surface area contributed by atoms with Gasteiger partial charge >= 0.3 is 0 Å². The molecule has 0 aromatic carbocycles. The van der Waals surface area contributed by atoms with Gasteiger partial charge in [0.15, 0.2) is 6.23 Å². The molecule has 5 N–H and O–H groups in total. The Morgan fingerprint density at radius 2 is 2.24 bits per heavy atom. The van der Waals surface area contributed by atoms with Crippen molar-refractivity contribution in [3.05, 3.63) is 12.2 Å². The highest BCUT2D eigenvalue weighted by molar-refractivity contribution is 5.88. The number of aliphatic hydroxyl groups is 3. The van der Waals surface area contributed by atoms with Crippen molar-refractivity contribution in [3.63, 3.8) is 0 Å². The molecule has 1 amide bonds. The molecule has 0 aliphatic carbocycles.